The Morgan fingerprint density at radius 2 is 1.84 bits per heavy atom. The Bertz CT molecular complexity index is 1050. The molecule has 1 aliphatic heterocycles. The molecular weight excluding hydrogens is 387 g/mol. The van der Waals surface area contributed by atoms with Crippen LogP contribution in [0.25, 0.3) is 10.9 Å². The minimum absolute atomic E-state index is 0.154. The second kappa shape index (κ2) is 7.98. The van der Waals surface area contributed by atoms with E-state index in [0.29, 0.717) is 6.61 Å². The van der Waals surface area contributed by atoms with Crippen LogP contribution in [0.4, 0.5) is 10.1 Å². The molecule has 0 radical (unpaired) electrons. The van der Waals surface area contributed by atoms with Crippen LogP contribution in [0.15, 0.2) is 48.5 Å². The summed E-state index contributed by atoms with van der Waals surface area (Å²) >= 11 is 0. The van der Waals surface area contributed by atoms with Crippen molar-refractivity contribution in [2.24, 2.45) is 0 Å². The summed E-state index contributed by atoms with van der Waals surface area (Å²) in [4.78, 5) is 6.16. The number of rotatable bonds is 5. The molecule has 0 bridgehead atoms. The van der Waals surface area contributed by atoms with Crippen molar-refractivity contribution >= 4 is 16.6 Å². The quantitative estimate of drug-likeness (QED) is 0.496. The van der Waals surface area contributed by atoms with Gasteiger partial charge in [0.25, 0.3) is 0 Å². The number of nitrogens with zero attached hydrogens (tertiary/aromatic N) is 1. The summed E-state index contributed by atoms with van der Waals surface area (Å²) in [7, 11) is 2.27. The molecule has 1 saturated carbocycles. The van der Waals surface area contributed by atoms with Crippen LogP contribution in [0.3, 0.4) is 0 Å². The fraction of sp³-hybridized carbons (Fsp3) is 0.481. The molecule has 31 heavy (non-hydrogen) atoms. The largest absolute Gasteiger partial charge is 0.369 e. The van der Waals surface area contributed by atoms with Gasteiger partial charge >= 0.3 is 0 Å². The van der Waals surface area contributed by atoms with Crippen LogP contribution in [0.5, 0.6) is 0 Å². The number of fused-ring (bicyclic) bond motifs is 4. The molecule has 4 heteroatoms. The number of hydrogen-bond acceptors (Lipinski definition) is 2. The number of halogens is 1. The molecule has 1 aromatic heterocycles. The van der Waals surface area contributed by atoms with Crippen molar-refractivity contribution in [2.75, 3.05) is 18.6 Å². The van der Waals surface area contributed by atoms with Gasteiger partial charge in [-0.3, -0.25) is 0 Å². The Balaban J connectivity index is 1.47. The van der Waals surface area contributed by atoms with Crippen molar-refractivity contribution in [1.29, 1.82) is 0 Å². The van der Waals surface area contributed by atoms with Gasteiger partial charge in [0, 0.05) is 29.2 Å². The molecule has 3 nitrogen and oxygen atoms in total. The molecule has 2 heterocycles. The maximum absolute atomic E-state index is 13.9. The van der Waals surface area contributed by atoms with E-state index in [2.05, 4.69) is 54.2 Å². The predicted molar refractivity (Wildman–Crippen MR) is 125 cm³/mol. The van der Waals surface area contributed by atoms with Crippen LogP contribution in [-0.4, -0.2) is 24.2 Å². The number of hydrogen-bond donors (Lipinski definition) is 1. The van der Waals surface area contributed by atoms with Crippen LogP contribution in [0.2, 0.25) is 0 Å². The molecule has 3 aromatic rings. The zero-order valence-corrected chi connectivity index (χ0v) is 18.7. The van der Waals surface area contributed by atoms with Crippen LogP contribution in [0, 0.1) is 5.82 Å². The molecule has 0 amide bonds. The molecule has 0 saturated heterocycles. The Kier molecular flexibility index (Phi) is 5.29. The van der Waals surface area contributed by atoms with Gasteiger partial charge in [0.2, 0.25) is 0 Å². The van der Waals surface area contributed by atoms with Crippen LogP contribution in [0.1, 0.15) is 63.1 Å². The van der Waals surface area contributed by atoms with Gasteiger partial charge in [0.05, 0.1) is 12.3 Å². The van der Waals surface area contributed by atoms with E-state index in [4.69, 9.17) is 4.74 Å². The summed E-state index contributed by atoms with van der Waals surface area (Å²) in [6, 6.07) is 15.9. The van der Waals surface area contributed by atoms with Crippen molar-refractivity contribution in [3.05, 3.63) is 65.6 Å². The molecule has 2 aliphatic rings. The van der Waals surface area contributed by atoms with Gasteiger partial charge in [-0.15, -0.1) is 0 Å². The SMILES string of the molecule is CCCCC1(N(C)c2ccccc2)CCC2(CC1)OCCc1c2[nH]c2ccc(F)cc12. The Morgan fingerprint density at radius 1 is 1.06 bits per heavy atom. The molecule has 0 atom stereocenters. The van der Waals surface area contributed by atoms with Gasteiger partial charge < -0.3 is 14.6 Å². The minimum Gasteiger partial charge on any atom is -0.369 e. The highest BCUT2D eigenvalue weighted by molar-refractivity contribution is 5.85. The van der Waals surface area contributed by atoms with E-state index in [9.17, 15) is 4.39 Å². The summed E-state index contributed by atoms with van der Waals surface area (Å²) in [5, 5.41) is 1.03. The lowest BCUT2D eigenvalue weighted by atomic mass is 9.68. The van der Waals surface area contributed by atoms with Gasteiger partial charge in [-0.1, -0.05) is 38.0 Å². The third-order valence-corrected chi connectivity index (χ3v) is 7.89. The van der Waals surface area contributed by atoms with Gasteiger partial charge in [-0.2, -0.15) is 0 Å². The lowest BCUT2D eigenvalue weighted by Crippen LogP contribution is -2.53. The fourth-order valence-corrected chi connectivity index (χ4v) is 5.99. The summed E-state index contributed by atoms with van der Waals surface area (Å²) in [5.74, 6) is -0.165. The van der Waals surface area contributed by atoms with Crippen LogP contribution < -0.4 is 4.90 Å². The summed E-state index contributed by atoms with van der Waals surface area (Å²) in [6.45, 7) is 2.99. The fourth-order valence-electron chi connectivity index (χ4n) is 5.99. The van der Waals surface area contributed by atoms with Crippen molar-refractivity contribution in [2.45, 2.75) is 69.4 Å². The zero-order valence-electron chi connectivity index (χ0n) is 18.7. The van der Waals surface area contributed by atoms with E-state index in [1.165, 1.54) is 36.2 Å². The Labute approximate surface area is 184 Å². The first-order valence-electron chi connectivity index (χ1n) is 11.8. The first kappa shape index (κ1) is 20.6. The average molecular weight is 421 g/mol. The molecule has 2 aromatic carbocycles. The first-order chi connectivity index (χ1) is 15.1. The topological polar surface area (TPSA) is 28.3 Å². The van der Waals surface area contributed by atoms with Crippen LogP contribution in [-0.2, 0) is 16.8 Å². The number of anilines is 1. The maximum atomic E-state index is 13.9. The lowest BCUT2D eigenvalue weighted by Gasteiger charge is -2.52. The smallest absolute Gasteiger partial charge is 0.123 e. The van der Waals surface area contributed by atoms with Gasteiger partial charge in [-0.05, 0) is 74.4 Å². The number of nitrogens with one attached hydrogen (secondary N) is 1. The molecule has 1 N–H and O–H groups in total. The normalized spacial score (nSPS) is 25.6. The standard InChI is InChI=1S/C27H33FN2O/c1-3-4-13-26(30(2)21-8-6-5-7-9-21)14-16-27(17-15-26)25-22(12-18-31-27)23-19-20(28)10-11-24(23)29-25/h5-11,19,29H,3-4,12-18H2,1-2H3. The number of ether oxygens (including phenoxy) is 1. The van der Waals surface area contributed by atoms with E-state index < -0.39 is 0 Å². The highest BCUT2D eigenvalue weighted by atomic mass is 19.1. The molecule has 164 valence electrons. The second-order valence-electron chi connectivity index (χ2n) is 9.48. The van der Waals surface area contributed by atoms with Crippen molar-refractivity contribution < 1.29 is 9.13 Å². The summed E-state index contributed by atoms with van der Waals surface area (Å²) < 4.78 is 20.5. The van der Waals surface area contributed by atoms with E-state index >= 15 is 0 Å². The van der Waals surface area contributed by atoms with Crippen molar-refractivity contribution in [3.8, 4) is 0 Å². The van der Waals surface area contributed by atoms with Gasteiger partial charge in [-0.25, -0.2) is 4.39 Å². The number of benzene rings is 2. The molecule has 1 spiro atoms. The number of H-pyrrole nitrogens is 1. The second-order valence-corrected chi connectivity index (χ2v) is 9.48. The van der Waals surface area contributed by atoms with Gasteiger partial charge in [0.1, 0.15) is 11.4 Å². The van der Waals surface area contributed by atoms with Gasteiger partial charge in [0.15, 0.2) is 0 Å². The van der Waals surface area contributed by atoms with E-state index in [1.807, 2.05) is 6.07 Å². The summed E-state index contributed by atoms with van der Waals surface area (Å²) in [6.07, 6.45) is 8.70. The summed E-state index contributed by atoms with van der Waals surface area (Å²) in [5.41, 5.74) is 4.67. The monoisotopic (exact) mass is 420 g/mol. The highest BCUT2D eigenvalue weighted by Crippen LogP contribution is 2.51. The van der Waals surface area contributed by atoms with E-state index in [-0.39, 0.29) is 17.0 Å². The van der Waals surface area contributed by atoms with Crippen LogP contribution >= 0.6 is 0 Å². The Hall–Kier alpha value is -2.33. The number of para-hydroxylation sites is 1. The molecule has 1 fully saturated rings. The van der Waals surface area contributed by atoms with E-state index in [0.717, 1.165) is 43.0 Å². The van der Waals surface area contributed by atoms with Crippen molar-refractivity contribution in [3.63, 3.8) is 0 Å². The third-order valence-electron chi connectivity index (χ3n) is 7.89. The minimum atomic E-state index is -0.268. The predicted octanol–water partition coefficient (Wildman–Crippen LogP) is 6.71. The average Bonchev–Trinajstić information content (AvgIpc) is 3.18. The molecule has 0 unspecified atom stereocenters. The molecule has 5 rings (SSSR count). The zero-order chi connectivity index (χ0) is 21.5. The Morgan fingerprint density at radius 3 is 2.58 bits per heavy atom. The third kappa shape index (κ3) is 3.45. The lowest BCUT2D eigenvalue weighted by molar-refractivity contribution is -0.0987. The highest BCUT2D eigenvalue weighted by Gasteiger charge is 2.49. The number of aromatic nitrogens is 1. The number of aromatic amines is 1. The van der Waals surface area contributed by atoms with E-state index in [1.54, 1.807) is 12.1 Å². The first-order valence-corrected chi connectivity index (χ1v) is 11.8. The molecular formula is C27H33FN2O. The maximum Gasteiger partial charge on any atom is 0.123 e. The molecule has 1 aliphatic carbocycles. The van der Waals surface area contributed by atoms with Crippen molar-refractivity contribution in [1.82, 2.24) is 4.98 Å². The number of unbranched alkanes of at least 4 members (excludes halogenated alkanes) is 1.